The number of benzene rings is 1. The largest absolute Gasteiger partial charge is 0.502 e. The molecular formula is C20H19FN2O5S. The zero-order chi connectivity index (χ0) is 21.0. The van der Waals surface area contributed by atoms with Gasteiger partial charge in [-0.05, 0) is 30.3 Å². The summed E-state index contributed by atoms with van der Waals surface area (Å²) in [5.41, 5.74) is -0.0322. The van der Waals surface area contributed by atoms with Crippen LogP contribution in [0.15, 0.2) is 56.7 Å². The molecule has 0 spiro atoms. The first kappa shape index (κ1) is 20.7. The van der Waals surface area contributed by atoms with Gasteiger partial charge in [-0.3, -0.25) is 14.3 Å². The fraction of sp³-hybridized carbons (Fsp3) is 0.250. The number of carbonyl (C=O) groups excluding carboxylic acids is 1. The second-order valence-electron chi connectivity index (χ2n) is 6.24. The topological polar surface area (TPSA) is 94.6 Å². The molecule has 1 N–H and O–H groups in total. The summed E-state index contributed by atoms with van der Waals surface area (Å²) in [6.45, 7) is 0. The van der Waals surface area contributed by atoms with Crippen LogP contribution in [0, 0.1) is 5.82 Å². The Morgan fingerprint density at radius 1 is 1.34 bits per heavy atom. The predicted molar refractivity (Wildman–Crippen MR) is 104 cm³/mol. The molecule has 0 radical (unpaired) electrons. The number of carbonyl (C=O) groups is 1. The van der Waals surface area contributed by atoms with Crippen molar-refractivity contribution in [3.05, 3.63) is 75.9 Å². The fourth-order valence-corrected chi connectivity index (χ4v) is 3.63. The van der Waals surface area contributed by atoms with Crippen LogP contribution in [-0.2, 0) is 22.3 Å². The Bertz CT molecular complexity index is 1060. The van der Waals surface area contributed by atoms with Crippen LogP contribution in [0.25, 0.3) is 0 Å². The molecule has 3 aromatic rings. The third-order valence-electron chi connectivity index (χ3n) is 4.33. The van der Waals surface area contributed by atoms with Gasteiger partial charge in [0, 0.05) is 29.9 Å². The highest BCUT2D eigenvalue weighted by atomic mass is 32.2. The summed E-state index contributed by atoms with van der Waals surface area (Å²) >= 11 is 1.35. The Morgan fingerprint density at radius 3 is 2.69 bits per heavy atom. The van der Waals surface area contributed by atoms with Gasteiger partial charge in [-0.1, -0.05) is 0 Å². The van der Waals surface area contributed by atoms with E-state index in [0.29, 0.717) is 11.5 Å². The molecule has 0 aliphatic heterocycles. The van der Waals surface area contributed by atoms with E-state index in [1.807, 2.05) is 0 Å². The van der Waals surface area contributed by atoms with Crippen molar-refractivity contribution in [3.63, 3.8) is 0 Å². The second-order valence-corrected chi connectivity index (χ2v) is 7.29. The molecule has 29 heavy (non-hydrogen) atoms. The molecule has 0 fully saturated rings. The number of aromatic nitrogens is 2. The molecule has 7 nitrogen and oxygen atoms in total. The van der Waals surface area contributed by atoms with Gasteiger partial charge in [-0.2, -0.15) is 5.10 Å². The summed E-state index contributed by atoms with van der Waals surface area (Å²) in [5.74, 6) is -1.60. The van der Waals surface area contributed by atoms with E-state index in [2.05, 4.69) is 5.10 Å². The van der Waals surface area contributed by atoms with Crippen LogP contribution in [0.1, 0.15) is 29.6 Å². The van der Waals surface area contributed by atoms with Gasteiger partial charge in [-0.25, -0.2) is 4.39 Å². The highest BCUT2D eigenvalue weighted by Crippen LogP contribution is 2.34. The Labute approximate surface area is 170 Å². The van der Waals surface area contributed by atoms with E-state index in [0.717, 1.165) is 4.90 Å². The summed E-state index contributed by atoms with van der Waals surface area (Å²) in [7, 11) is 2.94. The zero-order valence-electron chi connectivity index (χ0n) is 15.8. The van der Waals surface area contributed by atoms with Crippen LogP contribution in [-0.4, -0.2) is 28.0 Å². The van der Waals surface area contributed by atoms with Crippen molar-refractivity contribution >= 4 is 17.7 Å². The number of thioether (sulfide) groups is 1. The number of nitrogens with zero attached hydrogens (tertiary/aromatic N) is 2. The van der Waals surface area contributed by atoms with Crippen LogP contribution in [0.4, 0.5) is 4.39 Å². The maximum Gasteiger partial charge on any atom is 0.306 e. The van der Waals surface area contributed by atoms with Gasteiger partial charge < -0.3 is 14.3 Å². The first-order valence-electron chi connectivity index (χ1n) is 8.68. The van der Waals surface area contributed by atoms with Crippen molar-refractivity contribution in [2.75, 3.05) is 7.11 Å². The highest BCUT2D eigenvalue weighted by Gasteiger charge is 2.28. The monoisotopic (exact) mass is 418 g/mol. The van der Waals surface area contributed by atoms with Crippen molar-refractivity contribution in [2.24, 2.45) is 7.05 Å². The molecule has 1 atom stereocenters. The molecule has 0 aliphatic rings. The normalized spacial score (nSPS) is 12.0. The van der Waals surface area contributed by atoms with E-state index in [9.17, 15) is 19.1 Å². The van der Waals surface area contributed by atoms with Gasteiger partial charge in [0.2, 0.25) is 11.2 Å². The lowest BCUT2D eigenvalue weighted by Gasteiger charge is -2.17. The predicted octanol–water partition coefficient (Wildman–Crippen LogP) is 3.21. The number of hydrogen-bond acceptors (Lipinski definition) is 7. The third-order valence-corrected chi connectivity index (χ3v) is 5.36. The molecule has 0 aliphatic carbocycles. The molecule has 9 heteroatoms. The standard InChI is InChI=1S/C20H19FN2O5S/c1-23-16(7-8-22-23)15(10-18(25)27-2)20-19(26)17(24)9-13(28-20)11-29-14-5-3-12(21)4-6-14/h3-9,15,26H,10-11H2,1-2H3/t15-/m1/s1. The van der Waals surface area contributed by atoms with Crippen LogP contribution in [0.5, 0.6) is 5.75 Å². The van der Waals surface area contributed by atoms with Crippen LogP contribution < -0.4 is 5.43 Å². The zero-order valence-corrected chi connectivity index (χ0v) is 16.6. The van der Waals surface area contributed by atoms with Gasteiger partial charge in [0.1, 0.15) is 11.6 Å². The van der Waals surface area contributed by atoms with Gasteiger partial charge in [0.25, 0.3) is 0 Å². The summed E-state index contributed by atoms with van der Waals surface area (Å²) < 4.78 is 25.2. The van der Waals surface area contributed by atoms with E-state index in [1.54, 1.807) is 31.4 Å². The Balaban J connectivity index is 1.95. The number of aryl methyl sites for hydroxylation is 1. The van der Waals surface area contributed by atoms with E-state index >= 15 is 0 Å². The lowest BCUT2D eigenvalue weighted by Crippen LogP contribution is -2.16. The Hall–Kier alpha value is -3.07. The highest BCUT2D eigenvalue weighted by molar-refractivity contribution is 7.98. The average molecular weight is 418 g/mol. The lowest BCUT2D eigenvalue weighted by molar-refractivity contribution is -0.141. The van der Waals surface area contributed by atoms with E-state index in [1.165, 1.54) is 41.8 Å². The smallest absolute Gasteiger partial charge is 0.306 e. The van der Waals surface area contributed by atoms with Crippen molar-refractivity contribution in [2.45, 2.75) is 23.0 Å². The minimum absolute atomic E-state index is 0.0267. The van der Waals surface area contributed by atoms with Crippen molar-refractivity contribution in [1.29, 1.82) is 0 Å². The van der Waals surface area contributed by atoms with Crippen LogP contribution in [0.3, 0.4) is 0 Å². The number of hydrogen-bond donors (Lipinski definition) is 1. The maximum absolute atomic E-state index is 13.0. The van der Waals surface area contributed by atoms with E-state index in [-0.39, 0.29) is 23.8 Å². The van der Waals surface area contributed by atoms with Gasteiger partial charge in [0.05, 0.1) is 25.2 Å². The molecule has 152 valence electrons. The summed E-state index contributed by atoms with van der Waals surface area (Å²) in [5, 5.41) is 14.4. The minimum atomic E-state index is -0.751. The summed E-state index contributed by atoms with van der Waals surface area (Å²) in [6, 6.07) is 8.80. The molecule has 0 bridgehead atoms. The molecule has 0 unspecified atom stereocenters. The first-order chi connectivity index (χ1) is 13.9. The van der Waals surface area contributed by atoms with Gasteiger partial charge in [-0.15, -0.1) is 11.8 Å². The van der Waals surface area contributed by atoms with Crippen LogP contribution >= 0.6 is 11.8 Å². The van der Waals surface area contributed by atoms with Crippen molar-refractivity contribution < 1.29 is 23.4 Å². The number of ether oxygens (including phenoxy) is 1. The fourth-order valence-electron chi connectivity index (χ4n) is 2.86. The lowest BCUT2D eigenvalue weighted by atomic mass is 9.97. The number of esters is 1. The van der Waals surface area contributed by atoms with E-state index in [4.69, 9.17) is 9.15 Å². The Kier molecular flexibility index (Phi) is 6.38. The minimum Gasteiger partial charge on any atom is -0.502 e. The second kappa shape index (κ2) is 8.95. The molecule has 0 saturated carbocycles. The SMILES string of the molecule is COC(=O)C[C@@H](c1oc(CSc2ccc(F)cc2)cc(=O)c1O)c1ccnn1C. The molecule has 2 aromatic heterocycles. The summed E-state index contributed by atoms with van der Waals surface area (Å²) in [4.78, 5) is 25.0. The first-order valence-corrected chi connectivity index (χ1v) is 9.66. The molecular weight excluding hydrogens is 399 g/mol. The average Bonchev–Trinajstić information content (AvgIpc) is 3.13. The number of methoxy groups -OCH3 is 1. The molecule has 0 amide bonds. The van der Waals surface area contributed by atoms with Gasteiger partial charge >= 0.3 is 5.97 Å². The number of halogens is 1. The Morgan fingerprint density at radius 2 is 2.07 bits per heavy atom. The van der Waals surface area contributed by atoms with E-state index < -0.39 is 23.1 Å². The number of rotatable bonds is 7. The molecule has 1 aromatic carbocycles. The summed E-state index contributed by atoms with van der Waals surface area (Å²) in [6.07, 6.45) is 1.41. The molecule has 0 saturated heterocycles. The molecule has 3 rings (SSSR count). The van der Waals surface area contributed by atoms with Gasteiger partial charge in [0.15, 0.2) is 5.76 Å². The van der Waals surface area contributed by atoms with Crippen molar-refractivity contribution in [3.8, 4) is 5.75 Å². The number of aromatic hydroxyl groups is 1. The quantitative estimate of drug-likeness (QED) is 0.465. The van der Waals surface area contributed by atoms with Crippen LogP contribution in [0.2, 0.25) is 0 Å². The van der Waals surface area contributed by atoms with Crippen molar-refractivity contribution in [1.82, 2.24) is 9.78 Å². The molecule has 2 heterocycles. The third kappa shape index (κ3) is 4.86. The maximum atomic E-state index is 13.0.